The number of primary amides is 1. The van der Waals surface area contributed by atoms with Crippen LogP contribution >= 0.6 is 0 Å². The molecule has 7 nitrogen and oxygen atoms in total. The second-order valence-electron chi connectivity index (χ2n) is 3.40. The molecule has 0 bridgehead atoms. The molecular formula is C9H11N4O3. The molecule has 0 saturated carbocycles. The first-order valence-electron chi connectivity index (χ1n) is 4.80. The van der Waals surface area contributed by atoms with Gasteiger partial charge in [0.2, 0.25) is 0 Å². The van der Waals surface area contributed by atoms with E-state index in [4.69, 9.17) is 10.6 Å². The van der Waals surface area contributed by atoms with Crippen LogP contribution in [0.5, 0.6) is 0 Å². The summed E-state index contributed by atoms with van der Waals surface area (Å²) >= 11 is 0. The summed E-state index contributed by atoms with van der Waals surface area (Å²) in [5.41, 5.74) is 5.16. The van der Waals surface area contributed by atoms with Gasteiger partial charge in [-0.1, -0.05) is 0 Å². The number of aryl methyl sites for hydroxylation is 1. The number of amides is 2. The van der Waals surface area contributed by atoms with Crippen LogP contribution in [-0.2, 0) is 11.9 Å². The maximum absolute atomic E-state index is 11.9. The van der Waals surface area contributed by atoms with Gasteiger partial charge in [0.15, 0.2) is 5.69 Å². The van der Waals surface area contributed by atoms with Gasteiger partial charge in [-0.05, 0) is 6.42 Å². The van der Waals surface area contributed by atoms with Gasteiger partial charge in [0, 0.05) is 7.05 Å². The first-order chi connectivity index (χ1) is 7.59. The summed E-state index contributed by atoms with van der Waals surface area (Å²) in [4.78, 5) is 27.8. The Kier molecular flexibility index (Phi) is 2.61. The molecule has 1 aromatic heterocycles. The van der Waals surface area contributed by atoms with Crippen LogP contribution < -0.4 is 5.73 Å². The normalized spacial score (nSPS) is 15.4. The topological polar surface area (TPSA) is 90.5 Å². The highest BCUT2D eigenvalue weighted by molar-refractivity contribution is 5.96. The molecule has 0 spiro atoms. The lowest BCUT2D eigenvalue weighted by molar-refractivity contribution is -0.0774. The Balaban J connectivity index is 2.25. The van der Waals surface area contributed by atoms with Gasteiger partial charge in [0.25, 0.3) is 11.8 Å². The van der Waals surface area contributed by atoms with Gasteiger partial charge < -0.3 is 5.73 Å². The monoisotopic (exact) mass is 223 g/mol. The fourth-order valence-electron chi connectivity index (χ4n) is 1.45. The number of carbonyl (C=O) groups is 2. The van der Waals surface area contributed by atoms with Crippen LogP contribution in [0.15, 0.2) is 0 Å². The second-order valence-corrected chi connectivity index (χ2v) is 3.40. The van der Waals surface area contributed by atoms with Crippen molar-refractivity contribution in [3.8, 4) is 0 Å². The number of hydrogen-bond donors (Lipinski definition) is 1. The standard InChI is InChI=1S/C9H11N4O3/c1-12-7(5-6(11-12)8(10)14)9(15)13-3-2-4-16-13/h2-4H2,1H3,(H2,10,14). The molecule has 0 aliphatic carbocycles. The van der Waals surface area contributed by atoms with Gasteiger partial charge in [-0.15, -0.1) is 0 Å². The molecule has 1 aliphatic rings. The minimum Gasteiger partial charge on any atom is -0.364 e. The van der Waals surface area contributed by atoms with Gasteiger partial charge in [-0.3, -0.25) is 19.1 Å². The minimum absolute atomic E-state index is 0.0509. The van der Waals surface area contributed by atoms with Crippen molar-refractivity contribution in [3.63, 3.8) is 0 Å². The van der Waals surface area contributed by atoms with E-state index in [2.05, 4.69) is 11.2 Å². The maximum atomic E-state index is 11.9. The molecule has 2 N–H and O–H groups in total. The molecule has 0 unspecified atom stereocenters. The quantitative estimate of drug-likeness (QED) is 0.703. The molecule has 16 heavy (non-hydrogen) atoms. The Morgan fingerprint density at radius 1 is 1.56 bits per heavy atom. The van der Waals surface area contributed by atoms with E-state index < -0.39 is 5.91 Å². The third-order valence-corrected chi connectivity index (χ3v) is 2.23. The molecule has 0 atom stereocenters. The third-order valence-electron chi connectivity index (χ3n) is 2.23. The first-order valence-corrected chi connectivity index (χ1v) is 4.80. The zero-order valence-electron chi connectivity index (χ0n) is 8.77. The molecule has 7 heteroatoms. The Labute approximate surface area is 91.7 Å². The van der Waals surface area contributed by atoms with E-state index in [0.717, 1.165) is 6.42 Å². The average Bonchev–Trinajstić information content (AvgIpc) is 2.84. The number of hydrogen-bond acceptors (Lipinski definition) is 4. The summed E-state index contributed by atoms with van der Waals surface area (Å²) in [6.07, 6.45) is 0.798. The summed E-state index contributed by atoms with van der Waals surface area (Å²) in [5.74, 6) is -1.07. The highest BCUT2D eigenvalue weighted by Gasteiger charge is 2.25. The smallest absolute Gasteiger partial charge is 0.296 e. The lowest BCUT2D eigenvalue weighted by Gasteiger charge is -2.12. The Hall–Kier alpha value is -1.89. The summed E-state index contributed by atoms with van der Waals surface area (Å²) in [5, 5.41) is 5.02. The second kappa shape index (κ2) is 3.93. The molecule has 85 valence electrons. The number of rotatable bonds is 2. The molecule has 2 heterocycles. The van der Waals surface area contributed by atoms with Crippen LogP contribution in [0.1, 0.15) is 27.4 Å². The minimum atomic E-state index is -0.711. The average molecular weight is 223 g/mol. The number of aromatic nitrogens is 2. The van der Waals surface area contributed by atoms with Crippen molar-refractivity contribution in [1.82, 2.24) is 14.8 Å². The van der Waals surface area contributed by atoms with E-state index in [-0.39, 0.29) is 17.3 Å². The van der Waals surface area contributed by atoms with Gasteiger partial charge >= 0.3 is 0 Å². The molecule has 1 aliphatic heterocycles. The lowest BCUT2D eigenvalue weighted by Crippen LogP contribution is -2.28. The van der Waals surface area contributed by atoms with Crippen molar-refractivity contribution in [1.29, 1.82) is 0 Å². The van der Waals surface area contributed by atoms with Crippen LogP contribution in [0.2, 0.25) is 0 Å². The van der Waals surface area contributed by atoms with Crippen molar-refractivity contribution in [2.45, 2.75) is 6.42 Å². The molecular weight excluding hydrogens is 212 g/mol. The van der Waals surface area contributed by atoms with Crippen molar-refractivity contribution in [2.24, 2.45) is 12.8 Å². The van der Waals surface area contributed by atoms with E-state index in [9.17, 15) is 9.59 Å². The summed E-state index contributed by atoms with van der Waals surface area (Å²) < 4.78 is 1.27. The van der Waals surface area contributed by atoms with E-state index >= 15 is 0 Å². The van der Waals surface area contributed by atoms with Gasteiger partial charge in [0.05, 0.1) is 19.2 Å². The largest absolute Gasteiger partial charge is 0.364 e. The van der Waals surface area contributed by atoms with Crippen molar-refractivity contribution < 1.29 is 14.4 Å². The van der Waals surface area contributed by atoms with E-state index in [0.29, 0.717) is 13.2 Å². The number of nitrogens with zero attached hydrogens (tertiary/aromatic N) is 3. The molecule has 0 aromatic carbocycles. The number of nitrogens with two attached hydrogens (primary N) is 1. The van der Waals surface area contributed by atoms with E-state index in [1.54, 1.807) is 7.05 Å². The SMILES string of the molecule is Cn1nc(C(N)=O)[c]c1C(=O)N1CCCO1. The van der Waals surface area contributed by atoms with Crippen LogP contribution in [0.25, 0.3) is 0 Å². The summed E-state index contributed by atoms with van der Waals surface area (Å²) in [6.45, 7) is 1.05. The Bertz CT molecular complexity index is 434. The van der Waals surface area contributed by atoms with Crippen LogP contribution in [0.4, 0.5) is 0 Å². The first kappa shape index (κ1) is 10.6. The number of carbonyl (C=O) groups excluding carboxylic acids is 2. The zero-order valence-corrected chi connectivity index (χ0v) is 8.77. The number of hydroxylamine groups is 2. The highest BCUT2D eigenvalue weighted by atomic mass is 16.7. The molecule has 1 radical (unpaired) electrons. The van der Waals surface area contributed by atoms with Gasteiger partial charge in [0.1, 0.15) is 5.69 Å². The maximum Gasteiger partial charge on any atom is 0.296 e. The molecule has 1 fully saturated rings. The molecule has 1 saturated heterocycles. The van der Waals surface area contributed by atoms with Gasteiger partial charge in [-0.25, -0.2) is 5.06 Å². The summed E-state index contributed by atoms with van der Waals surface area (Å²) in [7, 11) is 1.55. The zero-order chi connectivity index (χ0) is 11.7. The fraction of sp³-hybridized carbons (Fsp3) is 0.444. The Morgan fingerprint density at radius 2 is 2.31 bits per heavy atom. The third kappa shape index (κ3) is 1.76. The van der Waals surface area contributed by atoms with Crippen molar-refractivity contribution >= 4 is 11.8 Å². The fourth-order valence-corrected chi connectivity index (χ4v) is 1.45. The molecule has 2 rings (SSSR count). The van der Waals surface area contributed by atoms with Crippen LogP contribution in [-0.4, -0.2) is 39.8 Å². The molecule has 2 amide bonds. The predicted molar refractivity (Wildman–Crippen MR) is 52.2 cm³/mol. The lowest BCUT2D eigenvalue weighted by atomic mass is 10.3. The van der Waals surface area contributed by atoms with Gasteiger partial charge in [-0.2, -0.15) is 5.10 Å². The molecule has 1 aromatic rings. The van der Waals surface area contributed by atoms with Crippen LogP contribution in [0.3, 0.4) is 0 Å². The Morgan fingerprint density at radius 3 is 2.81 bits per heavy atom. The van der Waals surface area contributed by atoms with E-state index in [1.165, 1.54) is 9.75 Å². The van der Waals surface area contributed by atoms with Crippen molar-refractivity contribution in [3.05, 3.63) is 17.5 Å². The predicted octanol–water partition coefficient (Wildman–Crippen LogP) is -0.903. The summed E-state index contributed by atoms with van der Waals surface area (Å²) in [6, 6.07) is 2.56. The highest BCUT2D eigenvalue weighted by Crippen LogP contribution is 2.11. The van der Waals surface area contributed by atoms with Crippen molar-refractivity contribution in [2.75, 3.05) is 13.2 Å². The van der Waals surface area contributed by atoms with Crippen LogP contribution in [0, 0.1) is 6.07 Å². The van der Waals surface area contributed by atoms with E-state index in [1.807, 2.05) is 0 Å².